The summed E-state index contributed by atoms with van der Waals surface area (Å²) >= 11 is 13.4. The SMILES string of the molecule is CON1CSc2c(-c3cc(Cl)c(F)cc3F)c(Cl)cc3c(=O)[nH]c(=O)n(c23)C1. The molecule has 3 aromatic rings. The zero-order valence-corrected chi connectivity index (χ0v) is 16.5. The highest BCUT2D eigenvalue weighted by atomic mass is 35.5. The molecule has 0 amide bonds. The van der Waals surface area contributed by atoms with Gasteiger partial charge in [0.1, 0.15) is 18.3 Å². The molecule has 0 saturated carbocycles. The molecular formula is C17H11Cl2F2N3O3S. The molecule has 4 rings (SSSR count). The van der Waals surface area contributed by atoms with Crippen molar-refractivity contribution in [3.8, 4) is 11.1 Å². The first-order valence-corrected chi connectivity index (χ1v) is 9.62. The minimum Gasteiger partial charge on any atom is -0.300 e. The summed E-state index contributed by atoms with van der Waals surface area (Å²) in [7, 11) is 1.44. The molecule has 1 aliphatic heterocycles. The molecule has 0 spiro atoms. The molecule has 2 heterocycles. The van der Waals surface area contributed by atoms with Gasteiger partial charge >= 0.3 is 5.69 Å². The number of halogens is 4. The summed E-state index contributed by atoms with van der Waals surface area (Å²) < 4.78 is 29.5. The van der Waals surface area contributed by atoms with E-state index in [1.165, 1.54) is 34.6 Å². The van der Waals surface area contributed by atoms with Crippen molar-refractivity contribution in [3.63, 3.8) is 0 Å². The normalized spacial score (nSPS) is 14.5. The Kier molecular flexibility index (Phi) is 4.96. The van der Waals surface area contributed by atoms with Crippen molar-refractivity contribution < 1.29 is 13.6 Å². The van der Waals surface area contributed by atoms with Crippen LogP contribution in [0.2, 0.25) is 10.0 Å². The molecule has 0 atom stereocenters. The fourth-order valence-electron chi connectivity index (χ4n) is 3.08. The number of hydrogen-bond donors (Lipinski definition) is 1. The van der Waals surface area contributed by atoms with Crippen LogP contribution < -0.4 is 11.2 Å². The van der Waals surface area contributed by atoms with E-state index in [9.17, 15) is 18.4 Å². The van der Waals surface area contributed by atoms with Gasteiger partial charge < -0.3 is 0 Å². The van der Waals surface area contributed by atoms with E-state index < -0.39 is 22.9 Å². The largest absolute Gasteiger partial charge is 0.330 e. The number of aromatic nitrogens is 2. The molecule has 28 heavy (non-hydrogen) atoms. The maximum absolute atomic E-state index is 14.6. The first kappa shape index (κ1) is 19.4. The number of H-pyrrole nitrogens is 1. The van der Waals surface area contributed by atoms with Gasteiger partial charge in [-0.15, -0.1) is 11.8 Å². The Labute approximate surface area is 170 Å². The van der Waals surface area contributed by atoms with E-state index in [0.29, 0.717) is 11.0 Å². The van der Waals surface area contributed by atoms with Gasteiger partial charge in [-0.05, 0) is 12.1 Å². The van der Waals surface area contributed by atoms with E-state index in [4.69, 9.17) is 28.0 Å². The van der Waals surface area contributed by atoms with Crippen LogP contribution in [-0.2, 0) is 11.5 Å². The molecule has 11 heteroatoms. The van der Waals surface area contributed by atoms with Gasteiger partial charge in [-0.2, -0.15) is 5.06 Å². The minimum absolute atomic E-state index is 0.0362. The maximum atomic E-state index is 14.6. The second-order valence-electron chi connectivity index (χ2n) is 5.97. The van der Waals surface area contributed by atoms with Gasteiger partial charge in [0.05, 0.1) is 33.9 Å². The van der Waals surface area contributed by atoms with Crippen LogP contribution in [0.25, 0.3) is 22.0 Å². The quantitative estimate of drug-likeness (QED) is 0.607. The third-order valence-electron chi connectivity index (χ3n) is 4.38. The highest BCUT2D eigenvalue weighted by Crippen LogP contribution is 2.44. The first-order valence-electron chi connectivity index (χ1n) is 7.88. The van der Waals surface area contributed by atoms with Crippen LogP contribution in [0.1, 0.15) is 0 Å². The van der Waals surface area contributed by atoms with Crippen molar-refractivity contribution in [2.75, 3.05) is 13.0 Å². The lowest BCUT2D eigenvalue weighted by atomic mass is 10.0. The van der Waals surface area contributed by atoms with E-state index in [-0.39, 0.29) is 44.6 Å². The van der Waals surface area contributed by atoms with Crippen LogP contribution in [0, 0.1) is 11.6 Å². The second-order valence-corrected chi connectivity index (χ2v) is 7.74. The monoisotopic (exact) mass is 445 g/mol. The summed E-state index contributed by atoms with van der Waals surface area (Å²) in [6.45, 7) is 0.0380. The van der Waals surface area contributed by atoms with Crippen LogP contribution in [0.5, 0.6) is 0 Å². The molecule has 6 nitrogen and oxygen atoms in total. The van der Waals surface area contributed by atoms with Gasteiger partial charge in [0.15, 0.2) is 0 Å². The van der Waals surface area contributed by atoms with Crippen LogP contribution in [0.15, 0.2) is 32.7 Å². The van der Waals surface area contributed by atoms with Crippen molar-refractivity contribution in [1.29, 1.82) is 0 Å². The van der Waals surface area contributed by atoms with Crippen molar-refractivity contribution >= 4 is 45.9 Å². The summed E-state index contributed by atoms with van der Waals surface area (Å²) in [6.07, 6.45) is 0. The average molecular weight is 446 g/mol. The van der Waals surface area contributed by atoms with Crippen LogP contribution in [-0.4, -0.2) is 27.6 Å². The number of rotatable bonds is 2. The molecular weight excluding hydrogens is 435 g/mol. The van der Waals surface area contributed by atoms with Crippen LogP contribution in [0.3, 0.4) is 0 Å². The van der Waals surface area contributed by atoms with Crippen molar-refractivity contribution in [2.45, 2.75) is 11.6 Å². The summed E-state index contributed by atoms with van der Waals surface area (Å²) in [5.74, 6) is -1.51. The summed E-state index contributed by atoms with van der Waals surface area (Å²) in [4.78, 5) is 32.6. The predicted molar refractivity (Wildman–Crippen MR) is 104 cm³/mol. The molecule has 0 fully saturated rings. The van der Waals surface area contributed by atoms with Crippen molar-refractivity contribution in [1.82, 2.24) is 14.6 Å². The fraction of sp³-hybridized carbons (Fsp3) is 0.176. The predicted octanol–water partition coefficient (Wildman–Crippen LogP) is 3.83. The Hall–Kier alpha value is -1.91. The number of benzene rings is 2. The van der Waals surface area contributed by atoms with Gasteiger partial charge in [-0.3, -0.25) is 19.2 Å². The van der Waals surface area contributed by atoms with E-state index in [1.807, 2.05) is 0 Å². The third-order valence-corrected chi connectivity index (χ3v) is 6.07. The lowest BCUT2D eigenvalue weighted by molar-refractivity contribution is -0.137. The number of thioether (sulfide) groups is 1. The van der Waals surface area contributed by atoms with Gasteiger partial charge in [-0.25, -0.2) is 13.6 Å². The zero-order valence-electron chi connectivity index (χ0n) is 14.2. The molecule has 0 unspecified atom stereocenters. The zero-order chi connectivity index (χ0) is 20.2. The van der Waals surface area contributed by atoms with Crippen LogP contribution in [0.4, 0.5) is 8.78 Å². The number of aromatic amines is 1. The molecule has 1 aromatic heterocycles. The van der Waals surface area contributed by atoms with Gasteiger partial charge in [0, 0.05) is 22.1 Å². The maximum Gasteiger partial charge on any atom is 0.330 e. The highest BCUT2D eigenvalue weighted by Gasteiger charge is 2.26. The van der Waals surface area contributed by atoms with Gasteiger partial charge in [0.2, 0.25) is 0 Å². The first-order chi connectivity index (χ1) is 13.3. The second kappa shape index (κ2) is 7.16. The van der Waals surface area contributed by atoms with E-state index in [1.54, 1.807) is 0 Å². The number of nitrogens with zero attached hydrogens (tertiary/aromatic N) is 2. The van der Waals surface area contributed by atoms with E-state index in [2.05, 4.69) is 4.98 Å². The molecule has 1 N–H and O–H groups in total. The van der Waals surface area contributed by atoms with E-state index >= 15 is 0 Å². The molecule has 1 aliphatic rings. The Morgan fingerprint density at radius 3 is 2.61 bits per heavy atom. The number of nitrogens with one attached hydrogen (secondary N) is 1. The molecule has 2 aromatic carbocycles. The smallest absolute Gasteiger partial charge is 0.300 e. The molecule has 146 valence electrons. The minimum atomic E-state index is -0.905. The van der Waals surface area contributed by atoms with Crippen LogP contribution >= 0.6 is 35.0 Å². The molecule has 0 saturated heterocycles. The summed E-state index contributed by atoms with van der Waals surface area (Å²) in [6, 6.07) is 3.15. The lowest BCUT2D eigenvalue weighted by Gasteiger charge is -2.17. The summed E-state index contributed by atoms with van der Waals surface area (Å²) in [5, 5.41) is 1.44. The lowest BCUT2D eigenvalue weighted by Crippen LogP contribution is -2.35. The molecule has 0 radical (unpaired) electrons. The third kappa shape index (κ3) is 3.03. The number of hydrogen-bond acceptors (Lipinski definition) is 5. The highest BCUT2D eigenvalue weighted by molar-refractivity contribution is 7.99. The van der Waals surface area contributed by atoms with Crippen molar-refractivity contribution in [2.24, 2.45) is 0 Å². The Morgan fingerprint density at radius 2 is 1.89 bits per heavy atom. The van der Waals surface area contributed by atoms with Gasteiger partial charge in [-0.1, -0.05) is 23.2 Å². The standard InChI is InChI=1S/C17H11Cl2F2N3O3S/c1-27-23-5-24-14-8(16(25)22-17(24)26)3-10(19)13(15(14)28-6-23)7-2-9(18)12(21)4-11(7)20/h2-4H,5-6H2,1H3,(H,22,25,26). The fourth-order valence-corrected chi connectivity index (χ4v) is 4.78. The Morgan fingerprint density at radius 1 is 1.14 bits per heavy atom. The summed E-state index contributed by atoms with van der Waals surface area (Å²) in [5.41, 5.74) is -0.789. The average Bonchev–Trinajstić information content (AvgIpc) is 2.84. The molecule has 0 bridgehead atoms. The van der Waals surface area contributed by atoms with Gasteiger partial charge in [0.25, 0.3) is 5.56 Å². The Balaban J connectivity index is 2.16. The Bertz CT molecular complexity index is 1250. The van der Waals surface area contributed by atoms with Crippen molar-refractivity contribution in [3.05, 3.63) is 60.7 Å². The van der Waals surface area contributed by atoms with E-state index in [0.717, 1.165) is 6.07 Å². The topological polar surface area (TPSA) is 67.3 Å². The molecule has 0 aliphatic carbocycles. The number of hydroxylamine groups is 2.